The van der Waals surface area contributed by atoms with Gasteiger partial charge in [-0.05, 0) is 17.9 Å². The van der Waals surface area contributed by atoms with Crippen LogP contribution in [0.4, 0.5) is 5.13 Å². The number of hydrogen-bond acceptors (Lipinski definition) is 7. The van der Waals surface area contributed by atoms with Gasteiger partial charge in [0.1, 0.15) is 4.88 Å². The smallest absolute Gasteiger partial charge is 0.270 e. The number of aryl methyl sites for hydroxylation is 1. The maximum atomic E-state index is 12.2. The predicted octanol–water partition coefficient (Wildman–Crippen LogP) is 4.74. The van der Waals surface area contributed by atoms with Crippen molar-refractivity contribution in [2.24, 2.45) is 0 Å². The molecule has 4 rings (SSSR count). The van der Waals surface area contributed by atoms with Crippen molar-refractivity contribution >= 4 is 33.7 Å². The van der Waals surface area contributed by atoms with E-state index >= 15 is 0 Å². The van der Waals surface area contributed by atoms with Gasteiger partial charge < -0.3 is 4.52 Å². The lowest BCUT2D eigenvalue weighted by Crippen LogP contribution is -2.09. The first kappa shape index (κ1) is 16.6. The van der Waals surface area contributed by atoms with Crippen LogP contribution in [0.25, 0.3) is 22.2 Å². The Bertz CT molecular complexity index is 1020. The van der Waals surface area contributed by atoms with Crippen LogP contribution >= 0.6 is 22.7 Å². The lowest BCUT2D eigenvalue weighted by Gasteiger charge is -1.97. The molecule has 1 amide bonds. The second-order valence-corrected chi connectivity index (χ2v) is 7.32. The van der Waals surface area contributed by atoms with E-state index in [1.807, 2.05) is 48.7 Å². The summed E-state index contributed by atoms with van der Waals surface area (Å²) in [5.74, 6) is 0.772. The zero-order valence-electron chi connectivity index (χ0n) is 13.8. The molecule has 4 aromatic rings. The highest BCUT2D eigenvalue weighted by molar-refractivity contribution is 7.19. The van der Waals surface area contributed by atoms with Gasteiger partial charge in [-0.3, -0.25) is 10.1 Å². The highest BCUT2D eigenvalue weighted by Crippen LogP contribution is 2.33. The monoisotopic (exact) mass is 382 g/mol. The first-order valence-corrected chi connectivity index (χ1v) is 9.68. The van der Waals surface area contributed by atoms with E-state index in [-0.39, 0.29) is 5.91 Å². The molecular formula is C18H14N4O2S2. The lowest BCUT2D eigenvalue weighted by molar-refractivity contribution is 0.103. The lowest BCUT2D eigenvalue weighted by atomic mass is 10.2. The predicted molar refractivity (Wildman–Crippen MR) is 102 cm³/mol. The summed E-state index contributed by atoms with van der Waals surface area (Å²) >= 11 is 2.72. The Balaban J connectivity index is 1.62. The van der Waals surface area contributed by atoms with E-state index in [1.165, 1.54) is 22.7 Å². The van der Waals surface area contributed by atoms with Gasteiger partial charge in [0.2, 0.25) is 5.82 Å². The number of rotatable bonds is 5. The molecule has 0 saturated heterocycles. The first-order chi connectivity index (χ1) is 12.7. The molecule has 3 heterocycles. The van der Waals surface area contributed by atoms with Crippen molar-refractivity contribution in [1.29, 1.82) is 0 Å². The van der Waals surface area contributed by atoms with Gasteiger partial charge in [-0.15, -0.1) is 11.3 Å². The summed E-state index contributed by atoms with van der Waals surface area (Å²) in [5, 5.41) is 9.28. The topological polar surface area (TPSA) is 80.9 Å². The molecule has 0 radical (unpaired) electrons. The van der Waals surface area contributed by atoms with E-state index in [2.05, 4.69) is 20.4 Å². The molecule has 1 aromatic carbocycles. The second-order valence-electron chi connectivity index (χ2n) is 5.37. The largest absolute Gasteiger partial charge is 0.333 e. The molecule has 0 atom stereocenters. The maximum absolute atomic E-state index is 12.2. The standard InChI is InChI=1S/C18H14N4O2S2/c1-2-12-14(17-20-15(22-24-17)11-7-4-3-5-8-11)26-18(19-12)21-16(23)13-9-6-10-25-13/h3-10H,2H2,1H3,(H,19,21,23). The fourth-order valence-electron chi connectivity index (χ4n) is 2.40. The minimum Gasteiger partial charge on any atom is -0.333 e. The quantitative estimate of drug-likeness (QED) is 0.539. The van der Waals surface area contributed by atoms with Crippen LogP contribution in [0.2, 0.25) is 0 Å². The van der Waals surface area contributed by atoms with Crippen LogP contribution in [0.3, 0.4) is 0 Å². The third-order valence-corrected chi connectivity index (χ3v) is 5.52. The number of thiazole rings is 1. The van der Waals surface area contributed by atoms with Gasteiger partial charge in [-0.2, -0.15) is 4.98 Å². The fourth-order valence-corrected chi connectivity index (χ4v) is 3.99. The number of carbonyl (C=O) groups excluding carboxylic acids is 1. The summed E-state index contributed by atoms with van der Waals surface area (Å²) in [4.78, 5) is 22.6. The van der Waals surface area contributed by atoms with Crippen LogP contribution < -0.4 is 5.32 Å². The van der Waals surface area contributed by atoms with Crippen molar-refractivity contribution in [1.82, 2.24) is 15.1 Å². The van der Waals surface area contributed by atoms with Crippen molar-refractivity contribution in [3.63, 3.8) is 0 Å². The molecule has 0 spiro atoms. The van der Waals surface area contributed by atoms with Crippen molar-refractivity contribution < 1.29 is 9.32 Å². The van der Waals surface area contributed by atoms with E-state index in [4.69, 9.17) is 4.52 Å². The Hall–Kier alpha value is -2.84. The van der Waals surface area contributed by atoms with Crippen LogP contribution in [0, 0.1) is 0 Å². The summed E-state index contributed by atoms with van der Waals surface area (Å²) in [5.41, 5.74) is 1.70. The van der Waals surface area contributed by atoms with Crippen LogP contribution in [0.1, 0.15) is 22.3 Å². The Labute approximate surface area is 157 Å². The number of aromatic nitrogens is 3. The molecule has 6 nitrogen and oxygen atoms in total. The molecule has 8 heteroatoms. The maximum Gasteiger partial charge on any atom is 0.270 e. The molecule has 0 aliphatic rings. The van der Waals surface area contributed by atoms with Gasteiger partial charge >= 0.3 is 0 Å². The molecule has 1 N–H and O–H groups in total. The normalized spacial score (nSPS) is 10.8. The summed E-state index contributed by atoms with van der Waals surface area (Å²) in [6.45, 7) is 2.00. The fraction of sp³-hybridized carbons (Fsp3) is 0.111. The van der Waals surface area contributed by atoms with Crippen molar-refractivity contribution in [3.8, 4) is 22.2 Å². The zero-order chi connectivity index (χ0) is 17.9. The molecular weight excluding hydrogens is 368 g/mol. The van der Waals surface area contributed by atoms with Crippen molar-refractivity contribution in [2.75, 3.05) is 5.32 Å². The van der Waals surface area contributed by atoms with E-state index in [0.717, 1.165) is 16.1 Å². The number of nitrogens with one attached hydrogen (secondary N) is 1. The molecule has 0 saturated carbocycles. The highest BCUT2D eigenvalue weighted by atomic mass is 32.1. The van der Waals surface area contributed by atoms with Gasteiger partial charge in [-0.25, -0.2) is 4.98 Å². The van der Waals surface area contributed by atoms with Crippen LogP contribution in [-0.2, 0) is 6.42 Å². The van der Waals surface area contributed by atoms with Gasteiger partial charge in [0.25, 0.3) is 11.8 Å². The summed E-state index contributed by atoms with van der Waals surface area (Å²) in [6, 6.07) is 13.3. The average Bonchev–Trinajstić information content (AvgIpc) is 3.42. The molecule has 3 aromatic heterocycles. The summed E-state index contributed by atoms with van der Waals surface area (Å²) < 4.78 is 5.44. The molecule has 130 valence electrons. The first-order valence-electron chi connectivity index (χ1n) is 7.98. The second kappa shape index (κ2) is 7.19. The Morgan fingerprint density at radius 3 is 2.73 bits per heavy atom. The molecule has 26 heavy (non-hydrogen) atoms. The number of benzene rings is 1. The van der Waals surface area contributed by atoms with Gasteiger partial charge in [0, 0.05) is 5.56 Å². The van der Waals surface area contributed by atoms with Crippen molar-refractivity contribution in [2.45, 2.75) is 13.3 Å². The number of hydrogen-bond donors (Lipinski definition) is 1. The van der Waals surface area contributed by atoms with E-state index < -0.39 is 0 Å². The number of thiophene rings is 1. The summed E-state index contributed by atoms with van der Waals surface area (Å²) in [7, 11) is 0. The zero-order valence-corrected chi connectivity index (χ0v) is 15.4. The van der Waals surface area contributed by atoms with Gasteiger partial charge in [-0.1, -0.05) is 59.8 Å². The SMILES string of the molecule is CCc1nc(NC(=O)c2cccs2)sc1-c1nc(-c2ccccc2)no1. The van der Waals surface area contributed by atoms with Crippen LogP contribution in [-0.4, -0.2) is 21.0 Å². The molecule has 0 fully saturated rings. The number of amides is 1. The van der Waals surface area contributed by atoms with E-state index in [9.17, 15) is 4.79 Å². The van der Waals surface area contributed by atoms with E-state index in [1.54, 1.807) is 6.07 Å². The summed E-state index contributed by atoms with van der Waals surface area (Å²) in [6.07, 6.45) is 0.698. The number of carbonyl (C=O) groups is 1. The molecule has 0 unspecified atom stereocenters. The highest BCUT2D eigenvalue weighted by Gasteiger charge is 2.20. The Kier molecular flexibility index (Phi) is 4.59. The molecule has 0 aliphatic carbocycles. The molecule has 0 aliphatic heterocycles. The molecule has 0 bridgehead atoms. The Morgan fingerprint density at radius 1 is 1.15 bits per heavy atom. The van der Waals surface area contributed by atoms with Crippen LogP contribution in [0.5, 0.6) is 0 Å². The van der Waals surface area contributed by atoms with Gasteiger partial charge in [0.15, 0.2) is 5.13 Å². The Morgan fingerprint density at radius 2 is 2.00 bits per heavy atom. The third kappa shape index (κ3) is 3.29. The minimum atomic E-state index is -0.168. The van der Waals surface area contributed by atoms with Crippen molar-refractivity contribution in [3.05, 3.63) is 58.4 Å². The van der Waals surface area contributed by atoms with Crippen LogP contribution in [0.15, 0.2) is 52.4 Å². The van der Waals surface area contributed by atoms with E-state index in [0.29, 0.717) is 28.1 Å². The number of anilines is 1. The van der Waals surface area contributed by atoms with Gasteiger partial charge in [0.05, 0.1) is 10.6 Å². The minimum absolute atomic E-state index is 0.168. The third-order valence-electron chi connectivity index (χ3n) is 3.65. The average molecular weight is 382 g/mol. The number of nitrogens with zero attached hydrogens (tertiary/aromatic N) is 3.